The minimum atomic E-state index is -0.287. The molecule has 5 heteroatoms. The topological polar surface area (TPSA) is 75.4 Å². The maximum absolute atomic E-state index is 12.3. The molecule has 0 aromatic heterocycles. The zero-order chi connectivity index (χ0) is 15.0. The number of rotatable bonds is 8. The van der Waals surface area contributed by atoms with Gasteiger partial charge in [-0.15, -0.1) is 0 Å². The van der Waals surface area contributed by atoms with Crippen LogP contribution in [0.25, 0.3) is 0 Å². The quantitative estimate of drug-likeness (QED) is 0.707. The zero-order valence-corrected chi connectivity index (χ0v) is 12.9. The van der Waals surface area contributed by atoms with Gasteiger partial charge in [-0.05, 0) is 25.7 Å². The van der Waals surface area contributed by atoms with E-state index in [9.17, 15) is 9.59 Å². The number of nitrogens with zero attached hydrogens (tertiary/aromatic N) is 1. The first-order valence-electron chi connectivity index (χ1n) is 7.93. The van der Waals surface area contributed by atoms with E-state index >= 15 is 0 Å². The summed E-state index contributed by atoms with van der Waals surface area (Å²) in [5.41, 5.74) is 5.71. The molecule has 1 aliphatic rings. The molecule has 1 aliphatic heterocycles. The van der Waals surface area contributed by atoms with Gasteiger partial charge in [-0.3, -0.25) is 9.59 Å². The summed E-state index contributed by atoms with van der Waals surface area (Å²) in [6.07, 6.45) is 6.10. The Kier molecular flexibility index (Phi) is 7.59. The Morgan fingerprint density at radius 1 is 1.35 bits per heavy atom. The first kappa shape index (κ1) is 17.0. The summed E-state index contributed by atoms with van der Waals surface area (Å²) in [6.45, 7) is 5.27. The second kappa shape index (κ2) is 8.95. The monoisotopic (exact) mass is 283 g/mol. The van der Waals surface area contributed by atoms with Crippen LogP contribution in [0.4, 0.5) is 0 Å². The molecule has 2 unspecified atom stereocenters. The smallest absolute Gasteiger partial charge is 0.243 e. The Bertz CT molecular complexity index is 320. The number of hydrogen-bond acceptors (Lipinski definition) is 3. The minimum absolute atomic E-state index is 0.0292. The van der Waals surface area contributed by atoms with E-state index in [1.165, 1.54) is 0 Å². The first-order chi connectivity index (χ1) is 9.63. The molecule has 116 valence electrons. The molecular formula is C15H29N3O2. The summed E-state index contributed by atoms with van der Waals surface area (Å²) < 4.78 is 0. The van der Waals surface area contributed by atoms with Crippen LogP contribution in [-0.2, 0) is 9.59 Å². The number of likely N-dealkylation sites (tertiary alicyclic amines) is 1. The van der Waals surface area contributed by atoms with E-state index in [-0.39, 0.29) is 23.9 Å². The summed E-state index contributed by atoms with van der Waals surface area (Å²) in [6, 6.07) is -0.254. The van der Waals surface area contributed by atoms with E-state index in [2.05, 4.69) is 12.2 Å². The van der Waals surface area contributed by atoms with Crippen LogP contribution in [-0.4, -0.2) is 41.9 Å². The highest BCUT2D eigenvalue weighted by Crippen LogP contribution is 2.19. The standard InChI is InChI=1S/C15H29N3O2/c1-3-5-8-12(11-16)17-15(20)13-9-6-10-18(13)14(19)7-4-2/h12-13H,3-11,16H2,1-2H3,(H,17,20). The number of unbranched alkanes of at least 4 members (excludes halogenated alkanes) is 1. The van der Waals surface area contributed by atoms with Gasteiger partial charge in [0.2, 0.25) is 11.8 Å². The molecule has 5 nitrogen and oxygen atoms in total. The van der Waals surface area contributed by atoms with Crippen molar-refractivity contribution in [3.8, 4) is 0 Å². The summed E-state index contributed by atoms with van der Waals surface area (Å²) >= 11 is 0. The molecule has 3 N–H and O–H groups in total. The fraction of sp³-hybridized carbons (Fsp3) is 0.867. The summed E-state index contributed by atoms with van der Waals surface area (Å²) in [7, 11) is 0. The third-order valence-corrected chi connectivity index (χ3v) is 3.88. The Labute approximate surface area is 122 Å². The highest BCUT2D eigenvalue weighted by Gasteiger charge is 2.34. The van der Waals surface area contributed by atoms with Crippen molar-refractivity contribution in [2.24, 2.45) is 5.73 Å². The Morgan fingerprint density at radius 3 is 2.70 bits per heavy atom. The number of carbonyl (C=O) groups is 2. The van der Waals surface area contributed by atoms with Crippen molar-refractivity contribution in [3.63, 3.8) is 0 Å². The largest absolute Gasteiger partial charge is 0.350 e. The average molecular weight is 283 g/mol. The van der Waals surface area contributed by atoms with E-state index in [0.29, 0.717) is 19.5 Å². The van der Waals surface area contributed by atoms with E-state index < -0.39 is 0 Å². The van der Waals surface area contributed by atoms with Crippen molar-refractivity contribution in [1.29, 1.82) is 0 Å². The molecule has 20 heavy (non-hydrogen) atoms. The highest BCUT2D eigenvalue weighted by molar-refractivity contribution is 5.88. The maximum Gasteiger partial charge on any atom is 0.243 e. The minimum Gasteiger partial charge on any atom is -0.350 e. The molecule has 1 saturated heterocycles. The number of nitrogens with two attached hydrogens (primary N) is 1. The van der Waals surface area contributed by atoms with Gasteiger partial charge in [-0.2, -0.15) is 0 Å². The number of nitrogens with one attached hydrogen (secondary N) is 1. The molecule has 0 radical (unpaired) electrons. The first-order valence-corrected chi connectivity index (χ1v) is 7.93. The van der Waals surface area contributed by atoms with Crippen LogP contribution < -0.4 is 11.1 Å². The second-order valence-electron chi connectivity index (χ2n) is 5.58. The molecule has 0 bridgehead atoms. The van der Waals surface area contributed by atoms with Crippen LogP contribution in [0.2, 0.25) is 0 Å². The average Bonchev–Trinajstić information content (AvgIpc) is 2.93. The molecule has 1 rings (SSSR count). The zero-order valence-electron chi connectivity index (χ0n) is 12.9. The third kappa shape index (κ3) is 4.78. The van der Waals surface area contributed by atoms with Crippen LogP contribution in [0.15, 0.2) is 0 Å². The van der Waals surface area contributed by atoms with Gasteiger partial charge in [0.15, 0.2) is 0 Å². The van der Waals surface area contributed by atoms with Gasteiger partial charge < -0.3 is 16.0 Å². The molecule has 0 spiro atoms. The third-order valence-electron chi connectivity index (χ3n) is 3.88. The number of amides is 2. The molecule has 2 amide bonds. The van der Waals surface area contributed by atoms with Crippen LogP contribution >= 0.6 is 0 Å². The number of carbonyl (C=O) groups excluding carboxylic acids is 2. The van der Waals surface area contributed by atoms with E-state index in [0.717, 1.165) is 38.5 Å². The van der Waals surface area contributed by atoms with Crippen LogP contribution in [0, 0.1) is 0 Å². The lowest BCUT2D eigenvalue weighted by atomic mass is 10.1. The van der Waals surface area contributed by atoms with Gasteiger partial charge in [0.25, 0.3) is 0 Å². The molecule has 0 aromatic carbocycles. The maximum atomic E-state index is 12.3. The molecule has 0 aromatic rings. The van der Waals surface area contributed by atoms with Crippen LogP contribution in [0.1, 0.15) is 58.8 Å². The van der Waals surface area contributed by atoms with Crippen molar-refractivity contribution in [2.45, 2.75) is 70.9 Å². The Hall–Kier alpha value is -1.10. The summed E-state index contributed by atoms with van der Waals surface area (Å²) in [5.74, 6) is 0.0708. The van der Waals surface area contributed by atoms with E-state index in [4.69, 9.17) is 5.73 Å². The summed E-state index contributed by atoms with van der Waals surface area (Å²) in [4.78, 5) is 26.1. The lowest BCUT2D eigenvalue weighted by Crippen LogP contribution is -2.50. The molecule has 1 fully saturated rings. The van der Waals surface area contributed by atoms with Gasteiger partial charge in [0.05, 0.1) is 0 Å². The lowest BCUT2D eigenvalue weighted by Gasteiger charge is -2.26. The second-order valence-corrected chi connectivity index (χ2v) is 5.58. The number of hydrogen-bond donors (Lipinski definition) is 2. The predicted molar refractivity (Wildman–Crippen MR) is 80.2 cm³/mol. The van der Waals surface area contributed by atoms with Crippen molar-refractivity contribution in [2.75, 3.05) is 13.1 Å². The summed E-state index contributed by atoms with van der Waals surface area (Å²) in [5, 5.41) is 3.01. The van der Waals surface area contributed by atoms with Crippen molar-refractivity contribution in [3.05, 3.63) is 0 Å². The molecule has 2 atom stereocenters. The molecular weight excluding hydrogens is 254 g/mol. The normalized spacial score (nSPS) is 19.9. The Morgan fingerprint density at radius 2 is 2.10 bits per heavy atom. The van der Waals surface area contributed by atoms with Gasteiger partial charge in [0.1, 0.15) is 6.04 Å². The van der Waals surface area contributed by atoms with Crippen molar-refractivity contribution in [1.82, 2.24) is 10.2 Å². The Balaban J connectivity index is 2.54. The van der Waals surface area contributed by atoms with Crippen LogP contribution in [0.3, 0.4) is 0 Å². The predicted octanol–water partition coefficient (Wildman–Crippen LogP) is 1.41. The molecule has 0 saturated carbocycles. The van der Waals surface area contributed by atoms with Crippen LogP contribution in [0.5, 0.6) is 0 Å². The van der Waals surface area contributed by atoms with Crippen molar-refractivity contribution >= 4 is 11.8 Å². The van der Waals surface area contributed by atoms with E-state index in [1.54, 1.807) is 4.90 Å². The highest BCUT2D eigenvalue weighted by atomic mass is 16.2. The molecule has 0 aliphatic carbocycles. The van der Waals surface area contributed by atoms with Gasteiger partial charge in [-0.25, -0.2) is 0 Å². The lowest BCUT2D eigenvalue weighted by molar-refractivity contribution is -0.138. The van der Waals surface area contributed by atoms with E-state index in [1.807, 2.05) is 6.92 Å². The fourth-order valence-electron chi connectivity index (χ4n) is 2.69. The molecule has 1 heterocycles. The van der Waals surface area contributed by atoms with Gasteiger partial charge >= 0.3 is 0 Å². The fourth-order valence-corrected chi connectivity index (χ4v) is 2.69. The van der Waals surface area contributed by atoms with Gasteiger partial charge in [-0.1, -0.05) is 26.7 Å². The van der Waals surface area contributed by atoms with Crippen molar-refractivity contribution < 1.29 is 9.59 Å². The van der Waals surface area contributed by atoms with Gasteiger partial charge in [0, 0.05) is 25.6 Å². The SMILES string of the molecule is CCCCC(CN)NC(=O)C1CCCN1C(=O)CCC.